The molecule has 1 amide bonds. The molecule has 3 heterocycles. The minimum absolute atomic E-state index is 0.482. The van der Waals surface area contributed by atoms with Crippen LogP contribution >= 0.6 is 0 Å². The number of anilines is 2. The molecular formula is C18H28N4O2. The van der Waals surface area contributed by atoms with E-state index < -0.39 is 11.7 Å². The average Bonchev–Trinajstić information content (AvgIpc) is 2.91. The second kappa shape index (κ2) is 6.97. The Bertz CT molecular complexity index is 567. The SMILES string of the molecule is CC(C)(C)OC(=O)Nc1ccc(NC2CCN3CCCCC23)cn1. The Hall–Kier alpha value is -1.82. The molecule has 2 saturated heterocycles. The van der Waals surface area contributed by atoms with E-state index in [-0.39, 0.29) is 0 Å². The van der Waals surface area contributed by atoms with Crippen molar-refractivity contribution in [2.75, 3.05) is 23.7 Å². The zero-order valence-electron chi connectivity index (χ0n) is 14.8. The quantitative estimate of drug-likeness (QED) is 0.887. The summed E-state index contributed by atoms with van der Waals surface area (Å²) in [6.45, 7) is 7.93. The lowest BCUT2D eigenvalue weighted by atomic mass is 9.99. The van der Waals surface area contributed by atoms with Crippen LogP contribution in [0.15, 0.2) is 18.3 Å². The number of fused-ring (bicyclic) bond motifs is 1. The minimum Gasteiger partial charge on any atom is -0.444 e. The topological polar surface area (TPSA) is 66.5 Å². The van der Waals surface area contributed by atoms with Gasteiger partial charge in [0.2, 0.25) is 0 Å². The van der Waals surface area contributed by atoms with E-state index in [9.17, 15) is 4.79 Å². The summed E-state index contributed by atoms with van der Waals surface area (Å²) in [7, 11) is 0. The van der Waals surface area contributed by atoms with Crippen molar-refractivity contribution in [3.63, 3.8) is 0 Å². The van der Waals surface area contributed by atoms with Gasteiger partial charge < -0.3 is 10.1 Å². The summed E-state index contributed by atoms with van der Waals surface area (Å²) in [5, 5.41) is 6.27. The molecule has 0 spiro atoms. The van der Waals surface area contributed by atoms with Crippen molar-refractivity contribution < 1.29 is 9.53 Å². The van der Waals surface area contributed by atoms with Crippen molar-refractivity contribution in [3.05, 3.63) is 18.3 Å². The fourth-order valence-electron chi connectivity index (χ4n) is 3.59. The number of carbonyl (C=O) groups is 1. The summed E-state index contributed by atoms with van der Waals surface area (Å²) in [6.07, 6.45) is 6.42. The smallest absolute Gasteiger partial charge is 0.413 e. The number of hydrogen-bond acceptors (Lipinski definition) is 5. The van der Waals surface area contributed by atoms with Gasteiger partial charge in [0.1, 0.15) is 11.4 Å². The Kier molecular flexibility index (Phi) is 4.94. The molecule has 2 N–H and O–H groups in total. The van der Waals surface area contributed by atoms with Crippen molar-refractivity contribution >= 4 is 17.6 Å². The van der Waals surface area contributed by atoms with Crippen molar-refractivity contribution in [1.29, 1.82) is 0 Å². The van der Waals surface area contributed by atoms with Crippen LogP contribution in [0.1, 0.15) is 46.5 Å². The molecule has 0 aromatic carbocycles. The molecule has 1 aromatic heterocycles. The number of amides is 1. The van der Waals surface area contributed by atoms with E-state index in [0.29, 0.717) is 17.9 Å². The van der Waals surface area contributed by atoms with Crippen LogP contribution in [-0.2, 0) is 4.74 Å². The molecular weight excluding hydrogens is 304 g/mol. The van der Waals surface area contributed by atoms with Crippen molar-refractivity contribution in [2.24, 2.45) is 0 Å². The lowest BCUT2D eigenvalue weighted by Gasteiger charge is -2.32. The number of piperidine rings is 1. The van der Waals surface area contributed by atoms with Gasteiger partial charge >= 0.3 is 6.09 Å². The zero-order chi connectivity index (χ0) is 17.2. The van der Waals surface area contributed by atoms with Gasteiger partial charge in [-0.3, -0.25) is 10.2 Å². The van der Waals surface area contributed by atoms with Crippen LogP contribution in [0.2, 0.25) is 0 Å². The molecule has 0 aliphatic carbocycles. The van der Waals surface area contributed by atoms with Crippen molar-refractivity contribution in [1.82, 2.24) is 9.88 Å². The van der Waals surface area contributed by atoms with E-state index in [1.54, 1.807) is 12.3 Å². The van der Waals surface area contributed by atoms with Gasteiger partial charge in [-0.15, -0.1) is 0 Å². The van der Waals surface area contributed by atoms with Crippen molar-refractivity contribution in [3.8, 4) is 0 Å². The first-order valence-electron chi connectivity index (χ1n) is 8.87. The Balaban J connectivity index is 1.54. The fraction of sp³-hybridized carbons (Fsp3) is 0.667. The molecule has 6 nitrogen and oxygen atoms in total. The Morgan fingerprint density at radius 3 is 2.79 bits per heavy atom. The van der Waals surface area contributed by atoms with Crippen LogP contribution < -0.4 is 10.6 Å². The summed E-state index contributed by atoms with van der Waals surface area (Å²) >= 11 is 0. The number of nitrogens with zero attached hydrogens (tertiary/aromatic N) is 2. The number of carbonyl (C=O) groups excluding carboxylic acids is 1. The van der Waals surface area contributed by atoms with E-state index in [0.717, 1.165) is 5.69 Å². The molecule has 2 fully saturated rings. The highest BCUT2D eigenvalue weighted by molar-refractivity contribution is 5.83. The van der Waals surface area contributed by atoms with E-state index in [4.69, 9.17) is 4.74 Å². The molecule has 0 saturated carbocycles. The molecule has 2 aliphatic heterocycles. The van der Waals surface area contributed by atoms with E-state index >= 15 is 0 Å². The largest absolute Gasteiger partial charge is 0.444 e. The van der Waals surface area contributed by atoms with Gasteiger partial charge in [-0.05, 0) is 58.7 Å². The van der Waals surface area contributed by atoms with Crippen LogP contribution in [0, 0.1) is 0 Å². The van der Waals surface area contributed by atoms with Gasteiger partial charge in [-0.1, -0.05) is 6.42 Å². The van der Waals surface area contributed by atoms with Gasteiger partial charge in [0.25, 0.3) is 0 Å². The molecule has 2 unspecified atom stereocenters. The van der Waals surface area contributed by atoms with Gasteiger partial charge in [0, 0.05) is 18.6 Å². The van der Waals surface area contributed by atoms with Crippen LogP contribution in [0.3, 0.4) is 0 Å². The Morgan fingerprint density at radius 1 is 1.25 bits per heavy atom. The predicted octanol–water partition coefficient (Wildman–Crippen LogP) is 3.47. The second-order valence-electron chi connectivity index (χ2n) is 7.70. The molecule has 24 heavy (non-hydrogen) atoms. The first kappa shape index (κ1) is 17.0. The summed E-state index contributed by atoms with van der Waals surface area (Å²) in [5.74, 6) is 0.500. The number of rotatable bonds is 3. The molecule has 0 bridgehead atoms. The second-order valence-corrected chi connectivity index (χ2v) is 7.70. The lowest BCUT2D eigenvalue weighted by Crippen LogP contribution is -2.41. The maximum atomic E-state index is 11.8. The fourth-order valence-corrected chi connectivity index (χ4v) is 3.59. The van der Waals surface area contributed by atoms with Crippen LogP contribution in [-0.4, -0.2) is 46.8 Å². The normalized spacial score (nSPS) is 24.3. The maximum Gasteiger partial charge on any atom is 0.413 e. The highest BCUT2D eigenvalue weighted by atomic mass is 16.6. The van der Waals surface area contributed by atoms with E-state index in [2.05, 4.69) is 20.5 Å². The third-order valence-corrected chi connectivity index (χ3v) is 4.60. The number of pyridine rings is 1. The highest BCUT2D eigenvalue weighted by Gasteiger charge is 2.35. The van der Waals surface area contributed by atoms with Gasteiger partial charge in [0.15, 0.2) is 0 Å². The monoisotopic (exact) mass is 332 g/mol. The molecule has 2 aliphatic rings. The van der Waals surface area contributed by atoms with E-state index in [1.165, 1.54) is 38.8 Å². The predicted molar refractivity (Wildman–Crippen MR) is 95.3 cm³/mol. The van der Waals surface area contributed by atoms with Crippen LogP contribution in [0.4, 0.5) is 16.3 Å². The number of ether oxygens (including phenoxy) is 1. The van der Waals surface area contributed by atoms with Crippen LogP contribution in [0.5, 0.6) is 0 Å². The van der Waals surface area contributed by atoms with Gasteiger partial charge in [-0.25, -0.2) is 9.78 Å². The first-order chi connectivity index (χ1) is 11.4. The lowest BCUT2D eigenvalue weighted by molar-refractivity contribution is 0.0635. The number of aromatic nitrogens is 1. The third-order valence-electron chi connectivity index (χ3n) is 4.60. The zero-order valence-corrected chi connectivity index (χ0v) is 14.8. The summed E-state index contributed by atoms with van der Waals surface area (Å²) < 4.78 is 5.23. The number of nitrogens with one attached hydrogen (secondary N) is 2. The standard InChI is InChI=1S/C18H28N4O2/c1-18(2,3)24-17(23)21-16-8-7-13(12-19-16)20-14-9-11-22-10-5-4-6-15(14)22/h7-8,12,14-15,20H,4-6,9-11H2,1-3H3,(H,19,21,23). The minimum atomic E-state index is -0.514. The van der Waals surface area contributed by atoms with Crippen LogP contribution in [0.25, 0.3) is 0 Å². The first-order valence-corrected chi connectivity index (χ1v) is 8.87. The van der Waals surface area contributed by atoms with Gasteiger partial charge in [-0.2, -0.15) is 0 Å². The molecule has 132 valence electrons. The summed E-state index contributed by atoms with van der Waals surface area (Å²) in [6, 6.07) is 4.92. The van der Waals surface area contributed by atoms with E-state index in [1.807, 2.05) is 26.8 Å². The molecule has 0 radical (unpaired) electrons. The highest BCUT2D eigenvalue weighted by Crippen LogP contribution is 2.29. The summed E-state index contributed by atoms with van der Waals surface area (Å²) in [4.78, 5) is 18.7. The Labute approximate surface area is 144 Å². The third kappa shape index (κ3) is 4.38. The Morgan fingerprint density at radius 2 is 2.08 bits per heavy atom. The summed E-state index contributed by atoms with van der Waals surface area (Å²) in [5.41, 5.74) is 0.488. The molecule has 1 aromatic rings. The average molecular weight is 332 g/mol. The van der Waals surface area contributed by atoms with Gasteiger partial charge in [0.05, 0.1) is 11.9 Å². The molecule has 3 rings (SSSR count). The van der Waals surface area contributed by atoms with Crippen molar-refractivity contribution in [2.45, 2.75) is 64.1 Å². The molecule has 6 heteroatoms. The number of hydrogen-bond donors (Lipinski definition) is 2. The molecule has 2 atom stereocenters. The maximum absolute atomic E-state index is 11.8.